The molecule has 1 aromatic carbocycles. The Bertz CT molecular complexity index is 545. The minimum atomic E-state index is -0.403. The number of likely N-dealkylation sites (tertiary alicyclic amines) is 1. The molecule has 0 saturated carbocycles. The van der Waals surface area contributed by atoms with Gasteiger partial charge in [-0.1, -0.05) is 0 Å². The lowest BCUT2D eigenvalue weighted by Gasteiger charge is -2.23. The Morgan fingerprint density at radius 2 is 2.19 bits per heavy atom. The predicted molar refractivity (Wildman–Crippen MR) is 80.1 cm³/mol. The molecule has 114 valence electrons. The normalized spacial score (nSPS) is 17.6. The molecule has 1 fully saturated rings. The second-order valence-electron chi connectivity index (χ2n) is 4.99. The van der Waals surface area contributed by atoms with Gasteiger partial charge in [-0.25, -0.2) is 0 Å². The molecule has 1 unspecified atom stereocenters. The van der Waals surface area contributed by atoms with Gasteiger partial charge in [-0.05, 0) is 31.9 Å². The Balaban J connectivity index is 2.24. The minimum Gasteiger partial charge on any atom is -0.494 e. The summed E-state index contributed by atoms with van der Waals surface area (Å²) < 4.78 is 5.41. The van der Waals surface area contributed by atoms with E-state index in [0.717, 1.165) is 6.42 Å². The first-order valence-corrected chi connectivity index (χ1v) is 7.12. The number of anilines is 1. The van der Waals surface area contributed by atoms with Crippen molar-refractivity contribution in [3.05, 3.63) is 23.8 Å². The van der Waals surface area contributed by atoms with E-state index < -0.39 is 6.04 Å². The Kier molecular flexibility index (Phi) is 4.67. The maximum Gasteiger partial charge on any atom is 0.254 e. The van der Waals surface area contributed by atoms with E-state index >= 15 is 0 Å². The molecule has 1 atom stereocenters. The maximum atomic E-state index is 12.6. The lowest BCUT2D eigenvalue weighted by Crippen LogP contribution is -2.44. The number of hydrogen-bond acceptors (Lipinski definition) is 4. The van der Waals surface area contributed by atoms with Gasteiger partial charge in [0.1, 0.15) is 11.8 Å². The second-order valence-corrected chi connectivity index (χ2v) is 4.99. The highest BCUT2D eigenvalue weighted by Crippen LogP contribution is 2.24. The fraction of sp³-hybridized carbons (Fsp3) is 0.467. The van der Waals surface area contributed by atoms with Crippen molar-refractivity contribution in [3.63, 3.8) is 0 Å². The third-order valence-electron chi connectivity index (χ3n) is 3.55. The fourth-order valence-electron chi connectivity index (χ4n) is 2.61. The van der Waals surface area contributed by atoms with Crippen LogP contribution in [0.3, 0.4) is 0 Å². The summed E-state index contributed by atoms with van der Waals surface area (Å²) in [4.78, 5) is 26.1. The highest BCUT2D eigenvalue weighted by atomic mass is 16.5. The second kappa shape index (κ2) is 6.47. The van der Waals surface area contributed by atoms with Gasteiger partial charge < -0.3 is 20.7 Å². The lowest BCUT2D eigenvalue weighted by molar-refractivity contribution is -0.124. The molecule has 3 N–H and O–H groups in total. The van der Waals surface area contributed by atoms with Crippen molar-refractivity contribution >= 4 is 17.5 Å². The molecule has 6 heteroatoms. The summed E-state index contributed by atoms with van der Waals surface area (Å²) in [6.45, 7) is 2.95. The van der Waals surface area contributed by atoms with Crippen molar-refractivity contribution in [2.75, 3.05) is 25.9 Å². The molecule has 0 radical (unpaired) electrons. The van der Waals surface area contributed by atoms with E-state index in [-0.39, 0.29) is 11.8 Å². The number of likely N-dealkylation sites (N-methyl/N-ethyl adjacent to an activating group) is 1. The van der Waals surface area contributed by atoms with E-state index in [1.165, 1.54) is 0 Å². The molecular weight excluding hydrogens is 270 g/mol. The van der Waals surface area contributed by atoms with Gasteiger partial charge in [-0.15, -0.1) is 0 Å². The van der Waals surface area contributed by atoms with Crippen LogP contribution in [0.5, 0.6) is 5.75 Å². The topological polar surface area (TPSA) is 84.7 Å². The first-order chi connectivity index (χ1) is 10.1. The van der Waals surface area contributed by atoms with Crippen LogP contribution in [0.2, 0.25) is 0 Å². The minimum absolute atomic E-state index is 0.130. The zero-order chi connectivity index (χ0) is 15.4. The number of carbonyl (C=O) groups excluding carboxylic acids is 2. The van der Waals surface area contributed by atoms with Gasteiger partial charge in [0.25, 0.3) is 5.91 Å². The van der Waals surface area contributed by atoms with Crippen LogP contribution in [0.25, 0.3) is 0 Å². The van der Waals surface area contributed by atoms with Gasteiger partial charge in [0, 0.05) is 30.9 Å². The molecule has 1 aromatic rings. The fourth-order valence-corrected chi connectivity index (χ4v) is 2.61. The van der Waals surface area contributed by atoms with Crippen LogP contribution < -0.4 is 15.8 Å². The van der Waals surface area contributed by atoms with E-state index in [4.69, 9.17) is 10.5 Å². The molecule has 0 aliphatic carbocycles. The van der Waals surface area contributed by atoms with Gasteiger partial charge >= 0.3 is 0 Å². The van der Waals surface area contributed by atoms with E-state index in [1.807, 2.05) is 6.92 Å². The zero-order valence-electron chi connectivity index (χ0n) is 12.4. The van der Waals surface area contributed by atoms with Crippen LogP contribution in [0, 0.1) is 0 Å². The molecule has 2 amide bonds. The molecule has 1 heterocycles. The third-order valence-corrected chi connectivity index (χ3v) is 3.55. The Morgan fingerprint density at radius 3 is 2.86 bits per heavy atom. The van der Waals surface area contributed by atoms with Crippen molar-refractivity contribution < 1.29 is 14.3 Å². The molecule has 6 nitrogen and oxygen atoms in total. The Labute approximate surface area is 124 Å². The SMILES string of the molecule is CCOc1cc(N)cc(C(=O)N2CCCC2C(=O)NC)c1. The van der Waals surface area contributed by atoms with Gasteiger partial charge in [0.2, 0.25) is 5.91 Å². The van der Waals surface area contributed by atoms with Crippen LogP contribution in [-0.2, 0) is 4.79 Å². The van der Waals surface area contributed by atoms with Crippen LogP contribution in [0.1, 0.15) is 30.1 Å². The number of rotatable bonds is 4. The molecule has 1 aliphatic rings. The molecule has 1 aliphatic heterocycles. The number of hydrogen-bond donors (Lipinski definition) is 2. The number of benzene rings is 1. The summed E-state index contributed by atoms with van der Waals surface area (Å²) in [6.07, 6.45) is 1.51. The Hall–Kier alpha value is -2.24. The lowest BCUT2D eigenvalue weighted by atomic mass is 10.1. The monoisotopic (exact) mass is 291 g/mol. The van der Waals surface area contributed by atoms with Gasteiger partial charge in [0.15, 0.2) is 0 Å². The van der Waals surface area contributed by atoms with Crippen molar-refractivity contribution in [2.45, 2.75) is 25.8 Å². The van der Waals surface area contributed by atoms with E-state index in [1.54, 1.807) is 30.1 Å². The number of ether oxygens (including phenoxy) is 1. The van der Waals surface area contributed by atoms with Crippen LogP contribution >= 0.6 is 0 Å². The average molecular weight is 291 g/mol. The van der Waals surface area contributed by atoms with E-state index in [2.05, 4.69) is 5.32 Å². The summed E-state index contributed by atoms with van der Waals surface area (Å²) in [5.41, 5.74) is 6.74. The summed E-state index contributed by atoms with van der Waals surface area (Å²) in [7, 11) is 1.58. The van der Waals surface area contributed by atoms with Gasteiger partial charge in [-0.3, -0.25) is 9.59 Å². The summed E-state index contributed by atoms with van der Waals surface area (Å²) >= 11 is 0. The number of nitrogen functional groups attached to an aromatic ring is 1. The van der Waals surface area contributed by atoms with Crippen molar-refractivity contribution in [3.8, 4) is 5.75 Å². The Morgan fingerprint density at radius 1 is 1.43 bits per heavy atom. The molecule has 2 rings (SSSR count). The number of amides is 2. The molecule has 1 saturated heterocycles. The van der Waals surface area contributed by atoms with E-state index in [9.17, 15) is 9.59 Å². The number of nitrogens with one attached hydrogen (secondary N) is 1. The molecule has 0 bridgehead atoms. The number of carbonyl (C=O) groups is 2. The molecule has 0 spiro atoms. The molecular formula is C15H21N3O3. The van der Waals surface area contributed by atoms with Crippen LogP contribution in [0.15, 0.2) is 18.2 Å². The summed E-state index contributed by atoms with van der Waals surface area (Å²) in [5, 5.41) is 2.60. The predicted octanol–water partition coefficient (Wildman–Crippen LogP) is 1.02. The van der Waals surface area contributed by atoms with Crippen LogP contribution in [-0.4, -0.2) is 43.0 Å². The summed E-state index contributed by atoms with van der Waals surface area (Å²) in [6, 6.07) is 4.56. The van der Waals surface area contributed by atoms with Gasteiger partial charge in [-0.2, -0.15) is 0 Å². The number of nitrogens with two attached hydrogens (primary N) is 1. The summed E-state index contributed by atoms with van der Waals surface area (Å²) in [5.74, 6) is 0.251. The van der Waals surface area contributed by atoms with Crippen molar-refractivity contribution in [1.29, 1.82) is 0 Å². The smallest absolute Gasteiger partial charge is 0.254 e. The largest absolute Gasteiger partial charge is 0.494 e. The third kappa shape index (κ3) is 3.26. The van der Waals surface area contributed by atoms with Crippen molar-refractivity contribution in [2.24, 2.45) is 0 Å². The highest BCUT2D eigenvalue weighted by Gasteiger charge is 2.34. The van der Waals surface area contributed by atoms with Gasteiger partial charge in [0.05, 0.1) is 6.61 Å². The van der Waals surface area contributed by atoms with E-state index in [0.29, 0.717) is 36.6 Å². The zero-order valence-corrected chi connectivity index (χ0v) is 12.4. The first kappa shape index (κ1) is 15.2. The highest BCUT2D eigenvalue weighted by molar-refractivity contribution is 5.98. The van der Waals surface area contributed by atoms with Crippen molar-refractivity contribution in [1.82, 2.24) is 10.2 Å². The molecule has 0 aromatic heterocycles. The number of nitrogens with zero attached hydrogens (tertiary/aromatic N) is 1. The molecule has 21 heavy (non-hydrogen) atoms. The first-order valence-electron chi connectivity index (χ1n) is 7.12. The maximum absolute atomic E-state index is 12.6. The van der Waals surface area contributed by atoms with Crippen LogP contribution in [0.4, 0.5) is 5.69 Å². The standard InChI is InChI=1S/C15H21N3O3/c1-3-21-12-8-10(7-11(16)9-12)15(20)18-6-4-5-13(18)14(19)17-2/h7-9,13H,3-6,16H2,1-2H3,(H,17,19). The quantitative estimate of drug-likeness (QED) is 0.811. The average Bonchev–Trinajstić information content (AvgIpc) is 2.94.